The van der Waals surface area contributed by atoms with E-state index in [0.717, 1.165) is 16.4 Å². The third-order valence-electron chi connectivity index (χ3n) is 3.42. The maximum Gasteiger partial charge on any atom is 0.233 e. The molecule has 0 radical (unpaired) electrons. The van der Waals surface area contributed by atoms with Gasteiger partial charge in [-0.2, -0.15) is 0 Å². The number of hydrogen-bond donors (Lipinski definition) is 2. The Balaban J connectivity index is 1.95. The largest absolute Gasteiger partial charge is 0.390 e. The number of thioether (sulfide) groups is 1. The molecule has 0 bridgehead atoms. The topological polar surface area (TPSA) is 67.2 Å². The minimum atomic E-state index is -0.198. The second-order valence-corrected chi connectivity index (χ2v) is 6.14. The van der Waals surface area contributed by atoms with Crippen LogP contribution in [0.5, 0.6) is 0 Å². The van der Waals surface area contributed by atoms with Crippen molar-refractivity contribution in [3.63, 3.8) is 0 Å². The number of carbonyl (C=O) groups excluding carboxylic acids is 1. The van der Waals surface area contributed by atoms with E-state index in [1.54, 1.807) is 6.20 Å². The number of aromatic nitrogens is 2. The molecular formula is C16H21N3O2S. The number of nitrogens with one attached hydrogen (secondary N) is 1. The number of aliphatic hydroxyl groups excluding tert-OH is 1. The van der Waals surface area contributed by atoms with Crippen LogP contribution in [0.15, 0.2) is 41.7 Å². The average Bonchev–Trinajstić information content (AvgIpc) is 2.91. The molecular weight excluding hydrogens is 298 g/mol. The fourth-order valence-electron chi connectivity index (χ4n) is 2.03. The smallest absolute Gasteiger partial charge is 0.233 e. The summed E-state index contributed by atoms with van der Waals surface area (Å²) in [4.78, 5) is 16.6. The molecule has 5 nitrogen and oxygen atoms in total. The highest BCUT2D eigenvalue weighted by Crippen LogP contribution is 2.25. The lowest BCUT2D eigenvalue weighted by Gasteiger charge is -2.14. The zero-order valence-corrected chi connectivity index (χ0v) is 13.6. The maximum atomic E-state index is 12.3. The molecule has 1 amide bonds. The number of nitrogens with zero attached hydrogens (tertiary/aromatic N) is 2. The molecule has 1 aromatic heterocycles. The van der Waals surface area contributed by atoms with Gasteiger partial charge < -0.3 is 15.0 Å². The Morgan fingerprint density at radius 3 is 2.73 bits per heavy atom. The Morgan fingerprint density at radius 2 is 2.14 bits per heavy atom. The molecule has 22 heavy (non-hydrogen) atoms. The van der Waals surface area contributed by atoms with E-state index < -0.39 is 0 Å². The van der Waals surface area contributed by atoms with E-state index in [1.165, 1.54) is 11.8 Å². The van der Waals surface area contributed by atoms with Crippen LogP contribution in [-0.2, 0) is 25.0 Å². The van der Waals surface area contributed by atoms with Crippen molar-refractivity contribution >= 4 is 17.7 Å². The molecule has 118 valence electrons. The quantitative estimate of drug-likeness (QED) is 0.767. The number of carbonyl (C=O) groups is 1. The summed E-state index contributed by atoms with van der Waals surface area (Å²) in [7, 11) is 1.84. The molecule has 6 heteroatoms. The van der Waals surface area contributed by atoms with Gasteiger partial charge in [0, 0.05) is 13.6 Å². The highest BCUT2D eigenvalue weighted by molar-refractivity contribution is 8.00. The summed E-state index contributed by atoms with van der Waals surface area (Å²) in [6.45, 7) is 2.45. The second kappa shape index (κ2) is 8.00. The monoisotopic (exact) mass is 319 g/mol. The lowest BCUT2D eigenvalue weighted by Crippen LogP contribution is -2.32. The predicted octanol–water partition coefficient (Wildman–Crippen LogP) is 2.10. The summed E-state index contributed by atoms with van der Waals surface area (Å²) < 4.78 is 1.82. The van der Waals surface area contributed by atoms with E-state index >= 15 is 0 Å². The van der Waals surface area contributed by atoms with Crippen LogP contribution >= 0.6 is 11.8 Å². The molecule has 1 heterocycles. The van der Waals surface area contributed by atoms with Gasteiger partial charge in [-0.3, -0.25) is 4.79 Å². The number of imidazole rings is 1. The summed E-state index contributed by atoms with van der Waals surface area (Å²) in [6, 6.07) is 9.84. The summed E-state index contributed by atoms with van der Waals surface area (Å²) in [6.07, 6.45) is 2.35. The van der Waals surface area contributed by atoms with Crippen LogP contribution < -0.4 is 5.32 Å². The van der Waals surface area contributed by atoms with Crippen LogP contribution in [0.4, 0.5) is 0 Å². The molecule has 0 aliphatic heterocycles. The van der Waals surface area contributed by atoms with Gasteiger partial charge in [-0.15, -0.1) is 0 Å². The van der Waals surface area contributed by atoms with Crippen molar-refractivity contribution in [3.8, 4) is 0 Å². The van der Waals surface area contributed by atoms with Crippen molar-refractivity contribution in [2.45, 2.75) is 36.9 Å². The molecule has 2 N–H and O–H groups in total. The SMILES string of the molecule is CCC(Sc1ncc(CO)n1C)C(=O)NCc1ccccc1. The van der Waals surface area contributed by atoms with E-state index in [9.17, 15) is 9.90 Å². The fraction of sp³-hybridized carbons (Fsp3) is 0.375. The van der Waals surface area contributed by atoms with Crippen molar-refractivity contribution < 1.29 is 9.90 Å². The summed E-state index contributed by atoms with van der Waals surface area (Å²) >= 11 is 1.42. The Kier molecular flexibility index (Phi) is 6.03. The van der Waals surface area contributed by atoms with Crippen molar-refractivity contribution in [1.29, 1.82) is 0 Å². The van der Waals surface area contributed by atoms with Crippen molar-refractivity contribution in [3.05, 3.63) is 47.8 Å². The first kappa shape index (κ1) is 16.6. The maximum absolute atomic E-state index is 12.3. The third-order valence-corrected chi connectivity index (χ3v) is 4.85. The van der Waals surface area contributed by atoms with E-state index in [2.05, 4.69) is 10.3 Å². The molecule has 1 aromatic carbocycles. The third kappa shape index (κ3) is 4.11. The van der Waals surface area contributed by atoms with Gasteiger partial charge in [0.15, 0.2) is 5.16 Å². The van der Waals surface area contributed by atoms with Crippen LogP contribution in [0, 0.1) is 0 Å². The van der Waals surface area contributed by atoms with E-state index in [-0.39, 0.29) is 17.8 Å². The van der Waals surface area contributed by atoms with Crippen LogP contribution in [0.1, 0.15) is 24.6 Å². The van der Waals surface area contributed by atoms with Gasteiger partial charge >= 0.3 is 0 Å². The number of benzene rings is 1. The van der Waals surface area contributed by atoms with Gasteiger partial charge in [0.05, 0.1) is 23.7 Å². The van der Waals surface area contributed by atoms with Crippen molar-refractivity contribution in [1.82, 2.24) is 14.9 Å². The Bertz CT molecular complexity index is 613. The zero-order valence-electron chi connectivity index (χ0n) is 12.8. The van der Waals surface area contributed by atoms with Crippen LogP contribution in [0.2, 0.25) is 0 Å². The first-order valence-electron chi connectivity index (χ1n) is 7.25. The first-order valence-corrected chi connectivity index (χ1v) is 8.13. The molecule has 0 saturated heterocycles. The molecule has 1 atom stereocenters. The van der Waals surface area contributed by atoms with Crippen LogP contribution in [0.3, 0.4) is 0 Å². The lowest BCUT2D eigenvalue weighted by atomic mass is 10.2. The van der Waals surface area contributed by atoms with E-state index in [4.69, 9.17) is 0 Å². The standard InChI is InChI=1S/C16H21N3O2S/c1-3-14(22-16-18-10-13(11-20)19(16)2)15(21)17-9-12-7-5-4-6-8-12/h4-8,10,14,20H,3,9,11H2,1-2H3,(H,17,21). The molecule has 0 aliphatic rings. The molecule has 2 aromatic rings. The van der Waals surface area contributed by atoms with Crippen molar-refractivity contribution in [2.24, 2.45) is 7.05 Å². The number of aliphatic hydroxyl groups is 1. The Morgan fingerprint density at radius 1 is 1.41 bits per heavy atom. The molecule has 0 fully saturated rings. The van der Waals surface area contributed by atoms with Gasteiger partial charge in [0.1, 0.15) is 0 Å². The summed E-state index contributed by atoms with van der Waals surface area (Å²) in [5, 5.41) is 12.7. The Hall–Kier alpha value is -1.79. The first-order chi connectivity index (χ1) is 10.7. The minimum Gasteiger partial charge on any atom is -0.390 e. The normalized spacial score (nSPS) is 12.1. The summed E-state index contributed by atoms with van der Waals surface area (Å²) in [5.74, 6) is 0.00454. The minimum absolute atomic E-state index is 0.00454. The van der Waals surface area contributed by atoms with Gasteiger partial charge in [-0.1, -0.05) is 49.0 Å². The number of rotatable bonds is 7. The number of hydrogen-bond acceptors (Lipinski definition) is 4. The molecule has 2 rings (SSSR count). The van der Waals surface area contributed by atoms with Crippen LogP contribution in [0.25, 0.3) is 0 Å². The molecule has 0 saturated carbocycles. The van der Waals surface area contributed by atoms with E-state index in [0.29, 0.717) is 13.0 Å². The highest BCUT2D eigenvalue weighted by atomic mass is 32.2. The molecule has 1 unspecified atom stereocenters. The lowest BCUT2D eigenvalue weighted by molar-refractivity contribution is -0.120. The fourth-order valence-corrected chi connectivity index (χ4v) is 3.03. The molecule has 0 spiro atoms. The van der Waals surface area contributed by atoms with Gasteiger partial charge in [0.25, 0.3) is 0 Å². The number of amides is 1. The van der Waals surface area contributed by atoms with E-state index in [1.807, 2.05) is 48.9 Å². The van der Waals surface area contributed by atoms with Gasteiger partial charge in [-0.05, 0) is 12.0 Å². The van der Waals surface area contributed by atoms with Gasteiger partial charge in [0.2, 0.25) is 5.91 Å². The highest BCUT2D eigenvalue weighted by Gasteiger charge is 2.20. The molecule has 0 aliphatic carbocycles. The van der Waals surface area contributed by atoms with Crippen LogP contribution in [-0.4, -0.2) is 25.8 Å². The van der Waals surface area contributed by atoms with Gasteiger partial charge in [-0.25, -0.2) is 4.98 Å². The average molecular weight is 319 g/mol. The zero-order chi connectivity index (χ0) is 15.9. The Labute approximate surface area is 134 Å². The van der Waals surface area contributed by atoms with Crippen molar-refractivity contribution in [2.75, 3.05) is 0 Å². The second-order valence-electron chi connectivity index (χ2n) is 4.97. The summed E-state index contributed by atoms with van der Waals surface area (Å²) in [5.41, 5.74) is 1.82. The predicted molar refractivity (Wildman–Crippen MR) is 87.4 cm³/mol.